The lowest BCUT2D eigenvalue weighted by Gasteiger charge is -2.07. The van der Waals surface area contributed by atoms with Gasteiger partial charge in [-0.2, -0.15) is 9.78 Å². The zero-order chi connectivity index (χ0) is 23.4. The van der Waals surface area contributed by atoms with Crippen LogP contribution >= 0.6 is 11.3 Å². The zero-order valence-electron chi connectivity index (χ0n) is 18.8. The normalized spacial score (nSPS) is 11.0. The molecule has 8 heteroatoms. The number of methoxy groups -OCH3 is 2. The minimum Gasteiger partial charge on any atom is -0.493 e. The van der Waals surface area contributed by atoms with Crippen molar-refractivity contribution in [1.82, 2.24) is 14.8 Å². The second-order valence-corrected chi connectivity index (χ2v) is 8.24. The molecule has 0 aliphatic heterocycles. The topological polar surface area (TPSA) is 78.3 Å². The summed E-state index contributed by atoms with van der Waals surface area (Å²) < 4.78 is 12.2. The van der Waals surface area contributed by atoms with Crippen molar-refractivity contribution in [3.05, 3.63) is 76.8 Å². The number of hydrogen-bond acceptors (Lipinski definition) is 6. The van der Waals surface area contributed by atoms with Crippen molar-refractivity contribution >= 4 is 29.1 Å². The van der Waals surface area contributed by atoms with Crippen molar-refractivity contribution in [1.29, 1.82) is 0 Å². The Labute approximate surface area is 196 Å². The molecule has 7 nitrogen and oxygen atoms in total. The lowest BCUT2D eigenvalue weighted by molar-refractivity contribution is -0.111. The monoisotopic (exact) mass is 460 g/mol. The van der Waals surface area contributed by atoms with Gasteiger partial charge < -0.3 is 14.8 Å². The summed E-state index contributed by atoms with van der Waals surface area (Å²) in [6.07, 6.45) is 3.18. The van der Waals surface area contributed by atoms with Crippen molar-refractivity contribution in [2.24, 2.45) is 0 Å². The number of aryl methyl sites for hydroxylation is 2. The first-order valence-electron chi connectivity index (χ1n) is 10.3. The van der Waals surface area contributed by atoms with Crippen LogP contribution in [0.1, 0.15) is 16.8 Å². The van der Waals surface area contributed by atoms with Crippen LogP contribution in [0.5, 0.6) is 11.5 Å². The summed E-state index contributed by atoms with van der Waals surface area (Å²) in [5.41, 5.74) is 4.70. The Morgan fingerprint density at radius 3 is 2.52 bits per heavy atom. The molecule has 1 N–H and O–H groups in total. The zero-order valence-corrected chi connectivity index (χ0v) is 19.6. The lowest BCUT2D eigenvalue weighted by atomic mass is 10.1. The summed E-state index contributed by atoms with van der Waals surface area (Å²) in [7, 11) is 3.16. The van der Waals surface area contributed by atoms with Gasteiger partial charge in [0, 0.05) is 23.1 Å². The molecule has 0 spiro atoms. The quantitative estimate of drug-likeness (QED) is 0.380. The van der Waals surface area contributed by atoms with Crippen LogP contribution in [0, 0.1) is 13.8 Å². The summed E-state index contributed by atoms with van der Waals surface area (Å²) in [6, 6.07) is 15.5. The summed E-state index contributed by atoms with van der Waals surface area (Å²) in [5.74, 6) is 1.51. The van der Waals surface area contributed by atoms with Crippen molar-refractivity contribution in [3.63, 3.8) is 0 Å². The third-order valence-corrected chi connectivity index (χ3v) is 5.75. The minimum atomic E-state index is -0.277. The van der Waals surface area contributed by atoms with Crippen LogP contribution in [0.25, 0.3) is 22.5 Å². The van der Waals surface area contributed by atoms with Crippen molar-refractivity contribution < 1.29 is 14.3 Å². The number of benzene rings is 2. The second-order valence-electron chi connectivity index (χ2n) is 7.40. The predicted molar refractivity (Wildman–Crippen MR) is 131 cm³/mol. The molecule has 1 amide bonds. The summed E-state index contributed by atoms with van der Waals surface area (Å²) >= 11 is 1.47. The van der Waals surface area contributed by atoms with Crippen LogP contribution in [-0.2, 0) is 4.79 Å². The Kier molecular flexibility index (Phi) is 6.55. The maximum Gasteiger partial charge on any atom is 0.249 e. The molecule has 0 bridgehead atoms. The smallest absolute Gasteiger partial charge is 0.249 e. The average Bonchev–Trinajstić information content (AvgIpc) is 3.44. The highest BCUT2D eigenvalue weighted by atomic mass is 32.1. The molecule has 0 atom stereocenters. The Balaban J connectivity index is 1.52. The highest BCUT2D eigenvalue weighted by Crippen LogP contribution is 2.28. The standard InChI is InChI=1S/C25H24N4O3S/c1-16-5-9-19(10-6-16)20-15-33-25(26-20)29-23(13-17(2)28-29)27-24(30)12-8-18-7-11-21(31-3)22(14-18)32-4/h5-15H,1-4H3,(H,27,30). The number of amides is 1. The van der Waals surface area contributed by atoms with Gasteiger partial charge >= 0.3 is 0 Å². The number of nitrogens with zero attached hydrogens (tertiary/aromatic N) is 3. The van der Waals surface area contributed by atoms with Gasteiger partial charge in [-0.15, -0.1) is 11.3 Å². The second kappa shape index (κ2) is 9.70. The fourth-order valence-electron chi connectivity index (χ4n) is 3.25. The molecule has 0 saturated heterocycles. The molecule has 0 radical (unpaired) electrons. The number of rotatable bonds is 7. The highest BCUT2D eigenvalue weighted by molar-refractivity contribution is 7.12. The van der Waals surface area contributed by atoms with E-state index in [4.69, 9.17) is 14.5 Å². The maximum absolute atomic E-state index is 12.6. The molecule has 4 rings (SSSR count). The van der Waals surface area contributed by atoms with E-state index >= 15 is 0 Å². The first-order valence-corrected chi connectivity index (χ1v) is 11.2. The van der Waals surface area contributed by atoms with E-state index in [1.807, 2.05) is 36.6 Å². The van der Waals surface area contributed by atoms with E-state index in [-0.39, 0.29) is 5.91 Å². The van der Waals surface area contributed by atoms with Crippen molar-refractivity contribution in [2.75, 3.05) is 19.5 Å². The number of ether oxygens (including phenoxy) is 2. The molecule has 168 valence electrons. The number of hydrogen-bond donors (Lipinski definition) is 1. The summed E-state index contributed by atoms with van der Waals surface area (Å²) in [6.45, 7) is 3.93. The fourth-order valence-corrected chi connectivity index (χ4v) is 4.04. The molecule has 0 aliphatic carbocycles. The van der Waals surface area contributed by atoms with Gasteiger partial charge in [0.1, 0.15) is 5.82 Å². The molecular formula is C25H24N4O3S. The van der Waals surface area contributed by atoms with Crippen LogP contribution in [0.3, 0.4) is 0 Å². The SMILES string of the molecule is COc1ccc(C=CC(=O)Nc2cc(C)nn2-c2nc(-c3ccc(C)cc3)cs2)cc1OC. The Morgan fingerprint density at radius 2 is 1.79 bits per heavy atom. The van der Waals surface area contributed by atoms with E-state index in [1.54, 1.807) is 37.1 Å². The van der Waals surface area contributed by atoms with Crippen LogP contribution < -0.4 is 14.8 Å². The molecular weight excluding hydrogens is 436 g/mol. The number of anilines is 1. The van der Waals surface area contributed by atoms with E-state index in [0.717, 1.165) is 22.5 Å². The van der Waals surface area contributed by atoms with Gasteiger partial charge in [0.05, 0.1) is 25.6 Å². The molecule has 4 aromatic rings. The van der Waals surface area contributed by atoms with E-state index < -0.39 is 0 Å². The van der Waals surface area contributed by atoms with Gasteiger partial charge in [-0.25, -0.2) is 4.98 Å². The number of carbonyl (C=O) groups is 1. The molecule has 33 heavy (non-hydrogen) atoms. The third kappa shape index (κ3) is 5.12. The Morgan fingerprint density at radius 1 is 1.03 bits per heavy atom. The van der Waals surface area contributed by atoms with Gasteiger partial charge in [0.25, 0.3) is 0 Å². The van der Waals surface area contributed by atoms with Crippen LogP contribution in [0.4, 0.5) is 5.82 Å². The lowest BCUT2D eigenvalue weighted by Crippen LogP contribution is -2.12. The molecule has 2 aromatic heterocycles. The van der Waals surface area contributed by atoms with Crippen molar-refractivity contribution in [2.45, 2.75) is 13.8 Å². The highest BCUT2D eigenvalue weighted by Gasteiger charge is 2.14. The van der Waals surface area contributed by atoms with Crippen LogP contribution in [-0.4, -0.2) is 34.9 Å². The van der Waals surface area contributed by atoms with Gasteiger partial charge in [-0.1, -0.05) is 35.9 Å². The molecule has 0 saturated carbocycles. The Hall–Kier alpha value is -3.91. The van der Waals surface area contributed by atoms with E-state index in [2.05, 4.69) is 29.5 Å². The fraction of sp³-hybridized carbons (Fsp3) is 0.160. The van der Waals surface area contributed by atoms with E-state index in [0.29, 0.717) is 22.4 Å². The van der Waals surface area contributed by atoms with E-state index in [1.165, 1.54) is 23.0 Å². The summed E-state index contributed by atoms with van der Waals surface area (Å²) in [4.78, 5) is 17.3. The van der Waals surface area contributed by atoms with Gasteiger partial charge in [-0.3, -0.25) is 4.79 Å². The third-order valence-electron chi connectivity index (χ3n) is 4.94. The molecule has 2 aromatic carbocycles. The predicted octanol–water partition coefficient (Wildman–Crippen LogP) is 5.28. The van der Waals surface area contributed by atoms with Crippen molar-refractivity contribution in [3.8, 4) is 27.9 Å². The average molecular weight is 461 g/mol. The van der Waals surface area contributed by atoms with E-state index in [9.17, 15) is 4.79 Å². The van der Waals surface area contributed by atoms with Gasteiger partial charge in [-0.05, 0) is 37.6 Å². The van der Waals surface area contributed by atoms with Gasteiger partial charge in [0.2, 0.25) is 11.0 Å². The number of aromatic nitrogens is 3. The van der Waals surface area contributed by atoms with Crippen LogP contribution in [0.2, 0.25) is 0 Å². The number of nitrogens with one attached hydrogen (secondary N) is 1. The first kappa shape index (κ1) is 22.3. The largest absolute Gasteiger partial charge is 0.493 e. The Bertz CT molecular complexity index is 1310. The molecule has 0 aliphatic rings. The van der Waals surface area contributed by atoms with Gasteiger partial charge in [0.15, 0.2) is 11.5 Å². The molecule has 2 heterocycles. The molecule has 0 unspecified atom stereocenters. The number of thiazole rings is 1. The van der Waals surface area contributed by atoms with Crippen LogP contribution in [0.15, 0.2) is 60.0 Å². The minimum absolute atomic E-state index is 0.277. The maximum atomic E-state index is 12.6. The summed E-state index contributed by atoms with van der Waals surface area (Å²) in [5, 5.41) is 10.1. The first-order chi connectivity index (χ1) is 16.0. The number of carbonyl (C=O) groups excluding carboxylic acids is 1. The molecule has 0 fully saturated rings.